The summed E-state index contributed by atoms with van der Waals surface area (Å²) in [5.41, 5.74) is 0.859. The molecule has 0 aliphatic heterocycles. The van der Waals surface area contributed by atoms with Crippen LogP contribution in [0.4, 0.5) is 8.78 Å². The molecule has 2 aromatic rings. The molecule has 0 unspecified atom stereocenters. The van der Waals surface area contributed by atoms with E-state index in [9.17, 15) is 8.78 Å². The summed E-state index contributed by atoms with van der Waals surface area (Å²) in [5, 5.41) is 7.70. The van der Waals surface area contributed by atoms with E-state index in [-0.39, 0.29) is 0 Å². The van der Waals surface area contributed by atoms with E-state index in [2.05, 4.69) is 10.3 Å². The summed E-state index contributed by atoms with van der Waals surface area (Å²) in [6.45, 7) is 0. The van der Waals surface area contributed by atoms with Crippen molar-refractivity contribution in [1.82, 2.24) is 15.0 Å². The van der Waals surface area contributed by atoms with Crippen LogP contribution in [0.3, 0.4) is 0 Å². The molecular formula is C10H9F2N3S. The second-order valence-electron chi connectivity index (χ2n) is 3.22. The quantitative estimate of drug-likeness (QED) is 0.827. The predicted octanol–water partition coefficient (Wildman–Crippen LogP) is 2.54. The first-order valence-electron chi connectivity index (χ1n) is 4.54. The standard InChI is InChI=1S/C10H9F2N3S/c1-16-6-15-5-10(13-14-15)7-2-8(11)4-9(12)3-7/h2-5H,6H2,1H3. The number of hydrogen-bond donors (Lipinski definition) is 0. The van der Waals surface area contributed by atoms with Crippen LogP contribution in [0.5, 0.6) is 0 Å². The average molecular weight is 241 g/mol. The molecule has 1 aromatic heterocycles. The lowest BCUT2D eigenvalue weighted by Crippen LogP contribution is -1.93. The molecule has 0 saturated carbocycles. The van der Waals surface area contributed by atoms with Gasteiger partial charge in [-0.2, -0.15) is 0 Å². The molecule has 0 spiro atoms. The zero-order chi connectivity index (χ0) is 11.5. The van der Waals surface area contributed by atoms with Crippen LogP contribution < -0.4 is 0 Å². The normalized spacial score (nSPS) is 10.7. The summed E-state index contributed by atoms with van der Waals surface area (Å²) in [6, 6.07) is 3.29. The predicted molar refractivity (Wildman–Crippen MR) is 58.9 cm³/mol. The molecule has 0 amide bonds. The van der Waals surface area contributed by atoms with Gasteiger partial charge in [0.05, 0.1) is 12.1 Å². The number of halogens is 2. The summed E-state index contributed by atoms with van der Waals surface area (Å²) >= 11 is 1.58. The van der Waals surface area contributed by atoms with Gasteiger partial charge < -0.3 is 0 Å². The Morgan fingerprint density at radius 2 is 1.94 bits per heavy atom. The maximum atomic E-state index is 13.0. The van der Waals surface area contributed by atoms with Gasteiger partial charge in [0.15, 0.2) is 0 Å². The summed E-state index contributed by atoms with van der Waals surface area (Å²) in [7, 11) is 0. The van der Waals surface area contributed by atoms with Gasteiger partial charge >= 0.3 is 0 Å². The van der Waals surface area contributed by atoms with Crippen molar-refractivity contribution in [3.63, 3.8) is 0 Å². The van der Waals surface area contributed by atoms with Crippen LogP contribution in [-0.2, 0) is 5.88 Å². The Labute approximate surface area is 95.5 Å². The van der Waals surface area contributed by atoms with Gasteiger partial charge in [-0.05, 0) is 18.4 Å². The monoisotopic (exact) mass is 241 g/mol. The van der Waals surface area contributed by atoms with E-state index in [4.69, 9.17) is 0 Å². The Balaban J connectivity index is 2.34. The van der Waals surface area contributed by atoms with Crippen molar-refractivity contribution in [3.05, 3.63) is 36.0 Å². The zero-order valence-corrected chi connectivity index (χ0v) is 9.34. The highest BCUT2D eigenvalue weighted by atomic mass is 32.2. The fraction of sp³-hybridized carbons (Fsp3) is 0.200. The van der Waals surface area contributed by atoms with Crippen molar-refractivity contribution in [2.75, 3.05) is 6.26 Å². The highest BCUT2D eigenvalue weighted by Gasteiger charge is 2.07. The SMILES string of the molecule is CSCn1cc(-c2cc(F)cc(F)c2)nn1. The molecule has 2 rings (SSSR count). The van der Waals surface area contributed by atoms with E-state index < -0.39 is 11.6 Å². The fourth-order valence-electron chi connectivity index (χ4n) is 1.33. The third kappa shape index (κ3) is 2.38. The van der Waals surface area contributed by atoms with Gasteiger partial charge in [-0.25, -0.2) is 13.5 Å². The molecule has 6 heteroatoms. The first kappa shape index (κ1) is 11.1. The first-order valence-corrected chi connectivity index (χ1v) is 5.94. The molecule has 1 heterocycles. The lowest BCUT2D eigenvalue weighted by atomic mass is 10.1. The van der Waals surface area contributed by atoms with Crippen molar-refractivity contribution < 1.29 is 8.78 Å². The molecule has 3 nitrogen and oxygen atoms in total. The molecule has 0 bridgehead atoms. The van der Waals surface area contributed by atoms with Crippen molar-refractivity contribution >= 4 is 11.8 Å². The molecule has 0 saturated heterocycles. The average Bonchev–Trinajstić information content (AvgIpc) is 2.65. The van der Waals surface area contributed by atoms with Gasteiger partial charge in [0.1, 0.15) is 17.3 Å². The number of aromatic nitrogens is 3. The van der Waals surface area contributed by atoms with Crippen LogP contribution >= 0.6 is 11.8 Å². The molecule has 0 atom stereocenters. The second kappa shape index (κ2) is 4.61. The molecular weight excluding hydrogens is 232 g/mol. The molecule has 0 fully saturated rings. The molecule has 0 aliphatic carbocycles. The zero-order valence-electron chi connectivity index (χ0n) is 8.52. The fourth-order valence-corrected chi connectivity index (χ4v) is 1.72. The lowest BCUT2D eigenvalue weighted by Gasteiger charge is -1.97. The highest BCUT2D eigenvalue weighted by molar-refractivity contribution is 7.97. The van der Waals surface area contributed by atoms with Crippen LogP contribution in [0.25, 0.3) is 11.3 Å². The Morgan fingerprint density at radius 1 is 1.25 bits per heavy atom. The Bertz CT molecular complexity index is 478. The van der Waals surface area contributed by atoms with Crippen molar-refractivity contribution in [1.29, 1.82) is 0 Å². The summed E-state index contributed by atoms with van der Waals surface area (Å²) in [6.07, 6.45) is 3.59. The molecule has 0 radical (unpaired) electrons. The van der Waals surface area contributed by atoms with Crippen LogP contribution in [0.15, 0.2) is 24.4 Å². The maximum absolute atomic E-state index is 13.0. The van der Waals surface area contributed by atoms with Crippen molar-refractivity contribution in [2.24, 2.45) is 0 Å². The van der Waals surface area contributed by atoms with E-state index in [0.717, 1.165) is 6.07 Å². The first-order chi connectivity index (χ1) is 7.69. The molecule has 16 heavy (non-hydrogen) atoms. The Kier molecular flexibility index (Phi) is 3.19. The number of thioether (sulfide) groups is 1. The van der Waals surface area contributed by atoms with E-state index in [1.54, 1.807) is 22.6 Å². The third-order valence-electron chi connectivity index (χ3n) is 1.96. The third-order valence-corrected chi connectivity index (χ3v) is 2.48. The number of nitrogens with zero attached hydrogens (tertiary/aromatic N) is 3. The van der Waals surface area contributed by atoms with Gasteiger partial charge in [0.25, 0.3) is 0 Å². The van der Waals surface area contributed by atoms with Crippen LogP contribution in [0.1, 0.15) is 0 Å². The van der Waals surface area contributed by atoms with Gasteiger partial charge in [-0.15, -0.1) is 16.9 Å². The van der Waals surface area contributed by atoms with Crippen LogP contribution in [-0.4, -0.2) is 21.2 Å². The van der Waals surface area contributed by atoms with Crippen LogP contribution in [0.2, 0.25) is 0 Å². The minimum absolute atomic E-state index is 0.393. The number of rotatable bonds is 3. The molecule has 84 valence electrons. The van der Waals surface area contributed by atoms with Crippen molar-refractivity contribution in [3.8, 4) is 11.3 Å². The van der Waals surface area contributed by atoms with Gasteiger partial charge in [0.2, 0.25) is 0 Å². The molecule has 0 N–H and O–H groups in total. The van der Waals surface area contributed by atoms with Gasteiger partial charge in [0, 0.05) is 11.6 Å². The van der Waals surface area contributed by atoms with E-state index in [1.807, 2.05) is 6.26 Å². The minimum Gasteiger partial charge on any atom is -0.242 e. The highest BCUT2D eigenvalue weighted by Crippen LogP contribution is 2.19. The van der Waals surface area contributed by atoms with E-state index in [0.29, 0.717) is 17.1 Å². The number of benzene rings is 1. The largest absolute Gasteiger partial charge is 0.242 e. The Hall–Kier alpha value is -1.43. The molecule has 0 aliphatic rings. The smallest absolute Gasteiger partial charge is 0.126 e. The summed E-state index contributed by atoms with van der Waals surface area (Å²) < 4.78 is 27.6. The number of hydrogen-bond acceptors (Lipinski definition) is 3. The maximum Gasteiger partial charge on any atom is 0.126 e. The minimum atomic E-state index is -0.616. The van der Waals surface area contributed by atoms with Gasteiger partial charge in [-0.3, -0.25) is 0 Å². The Morgan fingerprint density at radius 3 is 2.56 bits per heavy atom. The van der Waals surface area contributed by atoms with Crippen LogP contribution in [0, 0.1) is 11.6 Å². The summed E-state index contributed by atoms with van der Waals surface area (Å²) in [4.78, 5) is 0. The van der Waals surface area contributed by atoms with Gasteiger partial charge in [-0.1, -0.05) is 5.21 Å². The summed E-state index contributed by atoms with van der Waals surface area (Å²) in [5.74, 6) is -0.575. The topological polar surface area (TPSA) is 30.7 Å². The second-order valence-corrected chi connectivity index (χ2v) is 4.05. The van der Waals surface area contributed by atoms with Crippen molar-refractivity contribution in [2.45, 2.75) is 5.88 Å². The van der Waals surface area contributed by atoms with E-state index >= 15 is 0 Å². The lowest BCUT2D eigenvalue weighted by molar-refractivity contribution is 0.584. The molecule has 1 aromatic carbocycles. The van der Waals surface area contributed by atoms with E-state index in [1.165, 1.54) is 12.1 Å².